The van der Waals surface area contributed by atoms with Gasteiger partial charge in [0.05, 0.1) is 46.7 Å². The number of nitro benzene ring substituents is 1. The number of amides is 2. The third-order valence-corrected chi connectivity index (χ3v) is 4.04. The minimum Gasteiger partial charge on any atom is -0.465 e. The van der Waals surface area contributed by atoms with Gasteiger partial charge in [0.25, 0.3) is 5.69 Å². The average molecular weight is 436 g/mol. The number of rotatable bonds is 5. The second kappa shape index (κ2) is 9.47. The normalized spacial score (nSPS) is 9.97. The van der Waals surface area contributed by atoms with Gasteiger partial charge in [0, 0.05) is 12.1 Å². The lowest BCUT2D eigenvalue weighted by Crippen LogP contribution is -2.30. The summed E-state index contributed by atoms with van der Waals surface area (Å²) >= 11 is 5.89. The van der Waals surface area contributed by atoms with Gasteiger partial charge >= 0.3 is 23.8 Å². The summed E-state index contributed by atoms with van der Waals surface area (Å²) in [6, 6.07) is 6.90. The molecule has 2 aromatic carbocycles. The fraction of sp³-hybridized carbons (Fsp3) is 0.111. The Morgan fingerprint density at radius 1 is 0.900 bits per heavy atom. The molecule has 30 heavy (non-hydrogen) atoms. The number of hydrogen-bond acceptors (Lipinski definition) is 8. The second-order valence-electron chi connectivity index (χ2n) is 5.57. The van der Waals surface area contributed by atoms with E-state index in [4.69, 9.17) is 11.6 Å². The maximum atomic E-state index is 12.3. The van der Waals surface area contributed by atoms with E-state index in [1.807, 2.05) is 0 Å². The number of esters is 2. The van der Waals surface area contributed by atoms with Crippen LogP contribution in [0.2, 0.25) is 5.02 Å². The number of nitrogens with zero attached hydrogens (tertiary/aromatic N) is 1. The Balaban J connectivity index is 2.29. The van der Waals surface area contributed by atoms with Crippen LogP contribution in [-0.4, -0.2) is 42.9 Å². The summed E-state index contributed by atoms with van der Waals surface area (Å²) in [5.74, 6) is -4.03. The smallest absolute Gasteiger partial charge is 0.339 e. The maximum Gasteiger partial charge on any atom is 0.339 e. The lowest BCUT2D eigenvalue weighted by Gasteiger charge is -2.12. The zero-order valence-corrected chi connectivity index (χ0v) is 16.3. The van der Waals surface area contributed by atoms with E-state index >= 15 is 0 Å². The number of ether oxygens (including phenoxy) is 2. The number of nitro groups is 1. The van der Waals surface area contributed by atoms with Gasteiger partial charge in [0.15, 0.2) is 0 Å². The number of non-ortho nitro benzene ring substituents is 1. The molecule has 0 aliphatic rings. The van der Waals surface area contributed by atoms with Crippen molar-refractivity contribution in [2.24, 2.45) is 0 Å². The molecule has 0 spiro atoms. The molecule has 0 saturated carbocycles. The van der Waals surface area contributed by atoms with E-state index in [2.05, 4.69) is 20.1 Å². The van der Waals surface area contributed by atoms with Gasteiger partial charge in [-0.05, 0) is 24.3 Å². The number of anilines is 2. The Morgan fingerprint density at radius 2 is 1.50 bits per heavy atom. The number of hydrogen-bond donors (Lipinski definition) is 2. The summed E-state index contributed by atoms with van der Waals surface area (Å²) in [5, 5.41) is 15.1. The fourth-order valence-corrected chi connectivity index (χ4v) is 2.43. The molecule has 2 aromatic rings. The van der Waals surface area contributed by atoms with Crippen LogP contribution in [0.5, 0.6) is 0 Å². The van der Waals surface area contributed by atoms with Crippen LogP contribution in [0.4, 0.5) is 17.1 Å². The highest BCUT2D eigenvalue weighted by Crippen LogP contribution is 2.27. The number of benzene rings is 2. The van der Waals surface area contributed by atoms with Crippen molar-refractivity contribution in [2.75, 3.05) is 24.9 Å². The van der Waals surface area contributed by atoms with E-state index in [9.17, 15) is 29.3 Å². The van der Waals surface area contributed by atoms with E-state index in [-0.39, 0.29) is 33.2 Å². The summed E-state index contributed by atoms with van der Waals surface area (Å²) in [6.07, 6.45) is 0. The summed E-state index contributed by atoms with van der Waals surface area (Å²) in [7, 11) is 2.25. The van der Waals surface area contributed by atoms with E-state index in [0.29, 0.717) is 0 Å². The monoisotopic (exact) mass is 435 g/mol. The molecule has 0 aliphatic carbocycles. The highest BCUT2D eigenvalue weighted by atomic mass is 35.5. The van der Waals surface area contributed by atoms with Crippen molar-refractivity contribution in [3.8, 4) is 0 Å². The molecule has 11 nitrogen and oxygen atoms in total. The van der Waals surface area contributed by atoms with Crippen LogP contribution in [0.15, 0.2) is 36.4 Å². The summed E-state index contributed by atoms with van der Waals surface area (Å²) in [5.41, 5.74) is -0.825. The first-order valence-electron chi connectivity index (χ1n) is 8.05. The Morgan fingerprint density at radius 3 is 2.07 bits per heavy atom. The van der Waals surface area contributed by atoms with E-state index < -0.39 is 28.7 Å². The minimum absolute atomic E-state index is 0.00240. The van der Waals surface area contributed by atoms with Gasteiger partial charge in [-0.2, -0.15) is 0 Å². The van der Waals surface area contributed by atoms with Crippen LogP contribution in [0, 0.1) is 10.1 Å². The quantitative estimate of drug-likeness (QED) is 0.314. The number of halogens is 1. The zero-order chi connectivity index (χ0) is 22.4. The minimum atomic E-state index is -1.23. The molecule has 0 fully saturated rings. The Labute approximate surface area is 174 Å². The summed E-state index contributed by atoms with van der Waals surface area (Å²) < 4.78 is 9.18. The number of carbonyl (C=O) groups excluding carboxylic acids is 4. The largest absolute Gasteiger partial charge is 0.465 e. The van der Waals surface area contributed by atoms with Crippen LogP contribution in [0.3, 0.4) is 0 Å². The van der Waals surface area contributed by atoms with Crippen LogP contribution in [0.25, 0.3) is 0 Å². The molecule has 0 heterocycles. The van der Waals surface area contributed by atoms with E-state index in [1.165, 1.54) is 18.2 Å². The molecule has 0 saturated heterocycles. The molecule has 0 atom stereocenters. The molecule has 0 radical (unpaired) electrons. The molecule has 0 aromatic heterocycles. The summed E-state index contributed by atoms with van der Waals surface area (Å²) in [4.78, 5) is 58.3. The SMILES string of the molecule is COC(=O)c1ccc(C(=O)OC)c(NC(=O)C(=O)Nc2cc([N+](=O)[O-])ccc2Cl)c1. The Kier molecular flexibility index (Phi) is 7.04. The van der Waals surface area contributed by atoms with Gasteiger partial charge in [0.1, 0.15) is 0 Å². The lowest BCUT2D eigenvalue weighted by molar-refractivity contribution is -0.384. The van der Waals surface area contributed by atoms with Gasteiger partial charge in [-0.1, -0.05) is 11.6 Å². The van der Waals surface area contributed by atoms with Crippen molar-refractivity contribution >= 4 is 52.4 Å². The first-order chi connectivity index (χ1) is 14.2. The van der Waals surface area contributed by atoms with E-state index in [1.54, 1.807) is 0 Å². The molecule has 2 amide bonds. The maximum absolute atomic E-state index is 12.3. The van der Waals surface area contributed by atoms with Crippen LogP contribution < -0.4 is 10.6 Å². The molecule has 2 rings (SSSR count). The van der Waals surface area contributed by atoms with Crippen molar-refractivity contribution < 1.29 is 33.6 Å². The van der Waals surface area contributed by atoms with Gasteiger partial charge in [-0.3, -0.25) is 19.7 Å². The van der Waals surface area contributed by atoms with E-state index in [0.717, 1.165) is 32.4 Å². The van der Waals surface area contributed by atoms with Crippen molar-refractivity contribution in [1.82, 2.24) is 0 Å². The predicted octanol–water partition coefficient (Wildman–Crippen LogP) is 2.40. The summed E-state index contributed by atoms with van der Waals surface area (Å²) in [6.45, 7) is 0. The Bertz CT molecular complexity index is 1050. The van der Waals surface area contributed by atoms with Gasteiger partial charge in [-0.25, -0.2) is 9.59 Å². The highest BCUT2D eigenvalue weighted by molar-refractivity contribution is 6.45. The molecule has 2 N–H and O–H groups in total. The van der Waals surface area contributed by atoms with Crippen molar-refractivity contribution in [2.45, 2.75) is 0 Å². The van der Waals surface area contributed by atoms with Crippen molar-refractivity contribution in [3.63, 3.8) is 0 Å². The van der Waals surface area contributed by atoms with Crippen molar-refractivity contribution in [1.29, 1.82) is 0 Å². The number of carbonyl (C=O) groups is 4. The number of nitrogens with one attached hydrogen (secondary N) is 2. The van der Waals surface area contributed by atoms with Crippen LogP contribution in [0.1, 0.15) is 20.7 Å². The highest BCUT2D eigenvalue weighted by Gasteiger charge is 2.22. The third-order valence-electron chi connectivity index (χ3n) is 3.71. The molecule has 0 unspecified atom stereocenters. The molecule has 12 heteroatoms. The second-order valence-corrected chi connectivity index (χ2v) is 5.98. The molecular weight excluding hydrogens is 422 g/mol. The van der Waals surface area contributed by atoms with Gasteiger partial charge in [0.2, 0.25) is 0 Å². The third kappa shape index (κ3) is 5.08. The van der Waals surface area contributed by atoms with Gasteiger partial charge in [-0.15, -0.1) is 0 Å². The Hall–Kier alpha value is -3.99. The zero-order valence-electron chi connectivity index (χ0n) is 15.6. The number of methoxy groups -OCH3 is 2. The van der Waals surface area contributed by atoms with Crippen LogP contribution >= 0.6 is 11.6 Å². The molecular formula is C18H14ClN3O8. The molecule has 0 bridgehead atoms. The predicted molar refractivity (Wildman–Crippen MR) is 104 cm³/mol. The molecule has 156 valence electrons. The van der Waals surface area contributed by atoms with Crippen molar-refractivity contribution in [3.05, 3.63) is 62.7 Å². The topological polar surface area (TPSA) is 154 Å². The molecule has 0 aliphatic heterocycles. The van der Waals surface area contributed by atoms with Crippen LogP contribution in [-0.2, 0) is 19.1 Å². The standard InChI is InChI=1S/C18H14ClN3O8/c1-29-17(25)9-3-5-11(18(26)30-2)13(7-9)20-15(23)16(24)21-14-8-10(22(27)28)4-6-12(14)19/h3-8H,1-2H3,(H,20,23)(H,21,24). The first-order valence-corrected chi connectivity index (χ1v) is 8.42. The lowest BCUT2D eigenvalue weighted by atomic mass is 10.1. The van der Waals surface area contributed by atoms with Gasteiger partial charge < -0.3 is 20.1 Å². The fourth-order valence-electron chi connectivity index (χ4n) is 2.26. The first kappa shape index (κ1) is 22.3. The average Bonchev–Trinajstić information content (AvgIpc) is 2.73.